The summed E-state index contributed by atoms with van der Waals surface area (Å²) < 4.78 is 0. The molecule has 1 saturated carbocycles. The third kappa shape index (κ3) is 11.5. The Morgan fingerprint density at radius 3 is 1.67 bits per heavy atom. The summed E-state index contributed by atoms with van der Waals surface area (Å²) in [5.74, 6) is -3.74. The predicted octanol–water partition coefficient (Wildman–Crippen LogP) is 2.04. The minimum atomic E-state index is -0.694. The summed E-state index contributed by atoms with van der Waals surface area (Å²) in [5, 5.41) is 0.572. The molecule has 6 amide bonds. The van der Waals surface area contributed by atoms with Crippen molar-refractivity contribution in [1.82, 2.24) is 15.0 Å². The molecule has 4 fully saturated rings. The molecule has 1 aliphatic carbocycles. The monoisotopic (exact) mass is 725 g/mol. The molecule has 0 aromatic heterocycles. The van der Waals surface area contributed by atoms with Crippen LogP contribution in [0.3, 0.4) is 0 Å². The molecule has 15 nitrogen and oxygen atoms in total. The van der Waals surface area contributed by atoms with Crippen molar-refractivity contribution in [3.8, 4) is 0 Å². The van der Waals surface area contributed by atoms with Gasteiger partial charge in [-0.1, -0.05) is 27.7 Å². The summed E-state index contributed by atoms with van der Waals surface area (Å²) in [6.07, 6.45) is 2.69. The van der Waals surface area contributed by atoms with E-state index in [4.69, 9.17) is 4.84 Å². The molecule has 3 heterocycles. The molecule has 3 saturated heterocycles. The molecule has 0 bridgehead atoms. The number of nitrogens with zero attached hydrogens (tertiary/aromatic N) is 3. The molecular weight excluding hydrogens is 682 g/mol. The second-order valence-electron chi connectivity index (χ2n) is 12.8. The van der Waals surface area contributed by atoms with Crippen molar-refractivity contribution in [3.63, 3.8) is 0 Å². The van der Waals surface area contributed by atoms with E-state index >= 15 is 0 Å². The van der Waals surface area contributed by atoms with E-state index in [-0.39, 0.29) is 90.5 Å². The molecule has 0 radical (unpaired) electrons. The lowest BCUT2D eigenvalue weighted by Crippen LogP contribution is -2.39. The Bertz CT molecular complexity index is 1330. The van der Waals surface area contributed by atoms with Crippen molar-refractivity contribution >= 4 is 82.5 Å². The number of hydrogen-bond acceptors (Lipinski definition) is 14. The standard InChI is InChI=1S/C21H28N2O7S.C11H15NO5S/c1-12(2)15(24)11-31-16-9-19(27)22(20(16)28)10-13-3-5-14(6-4-13)21(29)30-23-17(25)7-8-18(23)26;1-7(2)8(13)5-18-6-11(16)17-12-9(14)3-4-10(12)15/h12-14,16H,3-11H2,1-2H3;7H,3-6H2,1-2H3. The van der Waals surface area contributed by atoms with Crippen LogP contribution < -0.4 is 0 Å². The van der Waals surface area contributed by atoms with E-state index in [0.29, 0.717) is 42.4 Å². The number of hydrogen-bond donors (Lipinski definition) is 0. The van der Waals surface area contributed by atoms with Crippen LogP contribution in [0.1, 0.15) is 85.5 Å². The maximum Gasteiger partial charge on any atom is 0.343 e. The lowest BCUT2D eigenvalue weighted by atomic mass is 9.82. The quantitative estimate of drug-likeness (QED) is 0.236. The van der Waals surface area contributed by atoms with Gasteiger partial charge in [0.2, 0.25) is 11.8 Å². The van der Waals surface area contributed by atoms with Gasteiger partial charge in [0.15, 0.2) is 0 Å². The fourth-order valence-electron chi connectivity index (χ4n) is 5.17. The third-order valence-corrected chi connectivity index (χ3v) is 10.5. The Kier molecular flexibility index (Phi) is 15.0. The largest absolute Gasteiger partial charge is 0.343 e. The average Bonchev–Trinajstić information content (AvgIpc) is 3.65. The van der Waals surface area contributed by atoms with Crippen LogP contribution in [0.15, 0.2) is 0 Å². The van der Waals surface area contributed by atoms with Crippen molar-refractivity contribution in [3.05, 3.63) is 0 Å². The van der Waals surface area contributed by atoms with E-state index in [1.165, 1.54) is 16.7 Å². The van der Waals surface area contributed by atoms with E-state index in [2.05, 4.69) is 4.84 Å². The molecule has 270 valence electrons. The number of carbonyl (C=O) groups excluding carboxylic acids is 10. The first-order valence-electron chi connectivity index (χ1n) is 16.3. The van der Waals surface area contributed by atoms with Gasteiger partial charge < -0.3 is 9.68 Å². The normalized spacial score (nSPS) is 22.7. The number of carbonyl (C=O) groups is 10. The minimum absolute atomic E-state index is 0.0427. The van der Waals surface area contributed by atoms with Gasteiger partial charge in [0.25, 0.3) is 23.6 Å². The van der Waals surface area contributed by atoms with Gasteiger partial charge in [0, 0.05) is 50.5 Å². The van der Waals surface area contributed by atoms with Gasteiger partial charge in [-0.3, -0.25) is 43.3 Å². The molecule has 3 aliphatic heterocycles. The van der Waals surface area contributed by atoms with Crippen LogP contribution in [-0.4, -0.2) is 103 Å². The first kappa shape index (κ1) is 39.8. The van der Waals surface area contributed by atoms with Crippen LogP contribution in [0.25, 0.3) is 0 Å². The smallest absolute Gasteiger partial charge is 0.330 e. The Morgan fingerprint density at radius 1 is 0.673 bits per heavy atom. The van der Waals surface area contributed by atoms with E-state index in [1.54, 1.807) is 13.8 Å². The molecule has 0 N–H and O–H groups in total. The lowest BCUT2D eigenvalue weighted by molar-refractivity contribution is -0.201. The van der Waals surface area contributed by atoms with E-state index in [9.17, 15) is 47.9 Å². The van der Waals surface area contributed by atoms with Gasteiger partial charge in [0.1, 0.15) is 11.6 Å². The summed E-state index contributed by atoms with van der Waals surface area (Å²) in [5.41, 5.74) is 0. The maximum atomic E-state index is 12.6. The van der Waals surface area contributed by atoms with E-state index in [0.717, 1.165) is 11.8 Å². The second kappa shape index (κ2) is 18.4. The first-order valence-corrected chi connectivity index (χ1v) is 18.5. The molecule has 49 heavy (non-hydrogen) atoms. The highest BCUT2D eigenvalue weighted by atomic mass is 32.2. The average molecular weight is 726 g/mol. The van der Waals surface area contributed by atoms with Gasteiger partial charge in [-0.25, -0.2) is 9.59 Å². The SMILES string of the molecule is CC(C)C(=O)CSC1CC(=O)N(CC2CCC(C(=O)ON3C(=O)CCC3=O)CC2)C1=O.CC(C)C(=O)CSCC(=O)ON1C(=O)CCC1=O. The number of ketones is 2. The molecule has 1 atom stereocenters. The number of hydroxylamine groups is 4. The topological polar surface area (TPSA) is 199 Å². The van der Waals surface area contributed by atoms with Gasteiger partial charge in [-0.15, -0.1) is 33.7 Å². The molecule has 0 aromatic carbocycles. The van der Waals surface area contributed by atoms with Gasteiger partial charge in [-0.05, 0) is 31.6 Å². The number of thioether (sulfide) groups is 2. The molecule has 1 unspecified atom stereocenters. The molecule has 4 rings (SSSR count). The highest BCUT2D eigenvalue weighted by Crippen LogP contribution is 2.33. The molecule has 17 heteroatoms. The van der Waals surface area contributed by atoms with Crippen molar-refractivity contribution in [1.29, 1.82) is 0 Å². The van der Waals surface area contributed by atoms with E-state index in [1.807, 2.05) is 13.8 Å². The third-order valence-electron chi connectivity index (χ3n) is 8.39. The molecular formula is C32H43N3O12S2. The van der Waals surface area contributed by atoms with Gasteiger partial charge in [-0.2, -0.15) is 0 Å². The zero-order valence-electron chi connectivity index (χ0n) is 28.1. The molecule has 4 aliphatic rings. The minimum Gasteiger partial charge on any atom is -0.330 e. The van der Waals surface area contributed by atoms with Crippen LogP contribution in [0, 0.1) is 23.7 Å². The molecule has 0 spiro atoms. The van der Waals surface area contributed by atoms with Crippen LogP contribution >= 0.6 is 23.5 Å². The molecule has 0 aromatic rings. The Labute approximate surface area is 292 Å². The van der Waals surface area contributed by atoms with Crippen molar-refractivity contribution in [2.24, 2.45) is 23.7 Å². The number of imide groups is 3. The fraction of sp³-hybridized carbons (Fsp3) is 0.688. The summed E-state index contributed by atoms with van der Waals surface area (Å²) in [6.45, 7) is 7.50. The van der Waals surface area contributed by atoms with Crippen molar-refractivity contribution < 1.29 is 57.6 Å². The first-order chi connectivity index (χ1) is 23.1. The Balaban J connectivity index is 0.000000308. The van der Waals surface area contributed by atoms with Crippen LogP contribution in [0.4, 0.5) is 0 Å². The highest BCUT2D eigenvalue weighted by Gasteiger charge is 2.41. The zero-order chi connectivity index (χ0) is 36.4. The van der Waals surface area contributed by atoms with Gasteiger partial charge in [0.05, 0.1) is 28.4 Å². The Hall–Kier alpha value is -3.60. The highest BCUT2D eigenvalue weighted by molar-refractivity contribution is 8.01. The number of likely N-dealkylation sites (tertiary alicyclic amines) is 1. The van der Waals surface area contributed by atoms with E-state index < -0.39 is 46.7 Å². The van der Waals surface area contributed by atoms with Crippen molar-refractivity contribution in [2.75, 3.05) is 23.8 Å². The van der Waals surface area contributed by atoms with Crippen LogP contribution in [0.2, 0.25) is 0 Å². The van der Waals surface area contributed by atoms with Crippen LogP contribution in [0.5, 0.6) is 0 Å². The summed E-state index contributed by atoms with van der Waals surface area (Å²) >= 11 is 2.35. The van der Waals surface area contributed by atoms with Crippen molar-refractivity contribution in [2.45, 2.75) is 90.7 Å². The van der Waals surface area contributed by atoms with Crippen LogP contribution in [-0.2, 0) is 57.6 Å². The number of Topliss-reactive ketones (excluding diaryl/α,β-unsaturated/α-hetero) is 2. The lowest BCUT2D eigenvalue weighted by Gasteiger charge is -2.30. The number of rotatable bonds is 14. The zero-order valence-corrected chi connectivity index (χ0v) is 29.8. The summed E-state index contributed by atoms with van der Waals surface area (Å²) in [7, 11) is 0. The predicted molar refractivity (Wildman–Crippen MR) is 174 cm³/mol. The summed E-state index contributed by atoms with van der Waals surface area (Å²) in [4.78, 5) is 128. The second-order valence-corrected chi connectivity index (χ2v) is 15.0. The fourth-order valence-corrected chi connectivity index (χ4v) is 7.26. The maximum absolute atomic E-state index is 12.6. The van der Waals surface area contributed by atoms with Gasteiger partial charge >= 0.3 is 11.9 Å². The number of amides is 6. The Morgan fingerprint density at radius 2 is 1.16 bits per heavy atom. The summed E-state index contributed by atoms with van der Waals surface area (Å²) in [6, 6.07) is 0.